The predicted octanol–water partition coefficient (Wildman–Crippen LogP) is 3.72. The van der Waals surface area contributed by atoms with Gasteiger partial charge in [0.1, 0.15) is 12.4 Å². The summed E-state index contributed by atoms with van der Waals surface area (Å²) < 4.78 is 72.9. The zero-order valence-corrected chi connectivity index (χ0v) is 22.5. The second-order valence-corrected chi connectivity index (χ2v) is 11.9. The van der Waals surface area contributed by atoms with Crippen LogP contribution in [-0.4, -0.2) is 53.8 Å². The molecule has 3 aromatic rings. The molecule has 1 N–H and O–H groups in total. The molecule has 40 heavy (non-hydrogen) atoms. The second kappa shape index (κ2) is 11.2. The van der Waals surface area contributed by atoms with E-state index in [0.29, 0.717) is 30.3 Å². The van der Waals surface area contributed by atoms with Crippen LogP contribution in [0, 0.1) is 5.92 Å². The Labute approximate surface area is 229 Å². The Morgan fingerprint density at radius 1 is 1.18 bits per heavy atom. The number of fused-ring (bicyclic) bond motifs is 1. The quantitative estimate of drug-likeness (QED) is 0.366. The van der Waals surface area contributed by atoms with Crippen LogP contribution >= 0.6 is 0 Å². The highest BCUT2D eigenvalue weighted by atomic mass is 32.2. The van der Waals surface area contributed by atoms with Gasteiger partial charge in [0.2, 0.25) is 0 Å². The lowest BCUT2D eigenvalue weighted by molar-refractivity contribution is -0.223. The average molecular weight is 579 g/mol. The SMILES string of the molecule is Cn1cnc(S(=O)(=O)N(Cc2ccc3c(c2)C(Cc2ccccc2)C(NCC2CC2)CO3)OC(=O)C(F)(F)F)c1. The van der Waals surface area contributed by atoms with Crippen LogP contribution in [0.1, 0.15) is 35.4 Å². The normalized spacial score (nSPS) is 19.2. The summed E-state index contributed by atoms with van der Waals surface area (Å²) >= 11 is 0. The third kappa shape index (κ3) is 6.48. The Hall–Kier alpha value is -3.42. The number of hydrogen-bond acceptors (Lipinski definition) is 7. The minimum absolute atomic E-state index is 0.0278. The first-order valence-electron chi connectivity index (χ1n) is 12.8. The van der Waals surface area contributed by atoms with E-state index in [0.717, 1.165) is 23.9 Å². The molecule has 0 radical (unpaired) electrons. The molecular formula is C27H29F3N4O5S. The summed E-state index contributed by atoms with van der Waals surface area (Å²) in [5.41, 5.74) is 2.21. The number of sulfonamides is 1. The van der Waals surface area contributed by atoms with Crippen molar-refractivity contribution in [3.63, 3.8) is 0 Å². The molecule has 1 aliphatic heterocycles. The van der Waals surface area contributed by atoms with E-state index in [-0.39, 0.29) is 16.4 Å². The fourth-order valence-electron chi connectivity index (χ4n) is 4.68. The number of hydroxylamine groups is 1. The number of nitrogens with one attached hydrogen (secondary N) is 1. The number of hydrogen-bond donors (Lipinski definition) is 1. The molecule has 0 saturated heterocycles. The van der Waals surface area contributed by atoms with E-state index in [1.165, 1.54) is 30.8 Å². The zero-order valence-electron chi connectivity index (χ0n) is 21.7. The molecule has 2 unspecified atom stereocenters. The molecule has 0 spiro atoms. The van der Waals surface area contributed by atoms with Gasteiger partial charge in [0.15, 0.2) is 5.03 Å². The van der Waals surface area contributed by atoms with Gasteiger partial charge in [0.25, 0.3) is 10.0 Å². The molecule has 0 amide bonds. The van der Waals surface area contributed by atoms with E-state index >= 15 is 0 Å². The van der Waals surface area contributed by atoms with Crippen molar-refractivity contribution in [2.75, 3.05) is 13.2 Å². The number of nitrogens with zero attached hydrogens (tertiary/aromatic N) is 3. The number of ether oxygens (including phenoxy) is 1. The standard InChI is InChI=1S/C27H29F3N4O5S/c1-33-15-25(32-17-33)40(36,37)34(39-26(35)27(28,29)30)14-20-9-10-24-22(12-20)21(11-18-5-3-2-4-6-18)23(16-38-24)31-13-19-7-8-19/h2-6,9-10,12,15,17,19,21,23,31H,7-8,11,13-14,16H2,1H3. The molecule has 13 heteroatoms. The molecule has 2 atom stereocenters. The predicted molar refractivity (Wildman–Crippen MR) is 137 cm³/mol. The van der Waals surface area contributed by atoms with Gasteiger partial charge in [-0.1, -0.05) is 42.5 Å². The number of carbonyl (C=O) groups excluding carboxylic acids is 1. The maximum absolute atomic E-state index is 13.2. The Morgan fingerprint density at radius 2 is 1.93 bits per heavy atom. The smallest absolute Gasteiger partial charge is 0.492 e. The lowest BCUT2D eigenvalue weighted by Gasteiger charge is -2.35. The molecule has 1 aromatic heterocycles. The van der Waals surface area contributed by atoms with Crippen molar-refractivity contribution in [1.82, 2.24) is 19.3 Å². The molecular weight excluding hydrogens is 549 g/mol. The summed E-state index contributed by atoms with van der Waals surface area (Å²) in [6, 6.07) is 14.8. The maximum Gasteiger partial charge on any atom is 0.492 e. The van der Waals surface area contributed by atoms with E-state index in [1.807, 2.05) is 30.3 Å². The van der Waals surface area contributed by atoms with Crippen molar-refractivity contribution in [2.45, 2.75) is 49.0 Å². The largest absolute Gasteiger partial charge is 0.492 e. The van der Waals surface area contributed by atoms with Crippen LogP contribution in [0.3, 0.4) is 0 Å². The molecule has 2 heterocycles. The highest BCUT2D eigenvalue weighted by Gasteiger charge is 2.45. The van der Waals surface area contributed by atoms with Crippen molar-refractivity contribution >= 4 is 16.0 Å². The summed E-state index contributed by atoms with van der Waals surface area (Å²) in [6.45, 7) is 0.643. The first kappa shape index (κ1) is 28.1. The van der Waals surface area contributed by atoms with Gasteiger partial charge >= 0.3 is 12.1 Å². The van der Waals surface area contributed by atoms with Gasteiger partial charge in [-0.2, -0.15) is 13.2 Å². The number of alkyl halides is 3. The minimum Gasteiger partial charge on any atom is -0.492 e. The van der Waals surface area contributed by atoms with Crippen molar-refractivity contribution in [1.29, 1.82) is 0 Å². The molecule has 2 aliphatic rings. The Bertz CT molecular complexity index is 1460. The Kier molecular flexibility index (Phi) is 7.89. The van der Waals surface area contributed by atoms with Crippen LogP contribution in [0.4, 0.5) is 13.2 Å². The summed E-state index contributed by atoms with van der Waals surface area (Å²) in [4.78, 5) is 19.8. The topological polar surface area (TPSA) is 103 Å². The molecule has 1 aliphatic carbocycles. The van der Waals surface area contributed by atoms with Crippen molar-refractivity contribution in [2.24, 2.45) is 13.0 Å². The molecule has 5 rings (SSSR count). The summed E-state index contributed by atoms with van der Waals surface area (Å²) in [5, 5.41) is 3.05. The van der Waals surface area contributed by atoms with E-state index in [2.05, 4.69) is 15.1 Å². The molecule has 1 saturated carbocycles. The third-order valence-electron chi connectivity index (χ3n) is 6.98. The lowest BCUT2D eigenvalue weighted by atomic mass is 9.83. The van der Waals surface area contributed by atoms with Gasteiger partial charge in [-0.3, -0.25) is 0 Å². The third-order valence-corrected chi connectivity index (χ3v) is 8.46. The molecule has 9 nitrogen and oxygen atoms in total. The number of benzene rings is 2. The average Bonchev–Trinajstić information content (AvgIpc) is 3.64. The van der Waals surface area contributed by atoms with Crippen LogP contribution in [0.15, 0.2) is 66.1 Å². The number of carbonyl (C=O) groups is 1. The Balaban J connectivity index is 1.47. The van der Waals surface area contributed by atoms with Gasteiger partial charge in [-0.05, 0) is 59.0 Å². The van der Waals surface area contributed by atoms with E-state index in [9.17, 15) is 26.4 Å². The van der Waals surface area contributed by atoms with Gasteiger partial charge in [-0.15, -0.1) is 0 Å². The van der Waals surface area contributed by atoms with E-state index in [4.69, 9.17) is 4.74 Å². The van der Waals surface area contributed by atoms with Crippen LogP contribution in [0.2, 0.25) is 0 Å². The number of aromatic nitrogens is 2. The number of rotatable bonds is 10. The zero-order chi connectivity index (χ0) is 28.5. The number of halogens is 3. The first-order valence-corrected chi connectivity index (χ1v) is 14.3. The highest BCUT2D eigenvalue weighted by Crippen LogP contribution is 2.38. The van der Waals surface area contributed by atoms with Gasteiger partial charge < -0.3 is 19.5 Å². The van der Waals surface area contributed by atoms with Crippen molar-refractivity contribution in [3.8, 4) is 5.75 Å². The fraction of sp³-hybridized carbons (Fsp3) is 0.407. The maximum atomic E-state index is 13.2. The number of imidazole rings is 1. The highest BCUT2D eigenvalue weighted by molar-refractivity contribution is 7.88. The second-order valence-electron chi connectivity index (χ2n) is 10.2. The van der Waals surface area contributed by atoms with Gasteiger partial charge in [0.05, 0.1) is 12.9 Å². The van der Waals surface area contributed by atoms with Crippen LogP contribution in [-0.2, 0) is 39.7 Å². The minimum atomic E-state index is -5.40. The van der Waals surface area contributed by atoms with E-state index < -0.39 is 33.7 Å². The van der Waals surface area contributed by atoms with Crippen LogP contribution in [0.25, 0.3) is 0 Å². The summed E-state index contributed by atoms with van der Waals surface area (Å²) in [5.74, 6) is -1.46. The number of aryl methyl sites for hydroxylation is 1. The van der Waals surface area contributed by atoms with Crippen molar-refractivity contribution < 1.29 is 36.0 Å². The first-order chi connectivity index (χ1) is 19.0. The van der Waals surface area contributed by atoms with E-state index in [1.54, 1.807) is 18.2 Å². The molecule has 2 aromatic carbocycles. The van der Waals surface area contributed by atoms with Gasteiger partial charge in [-0.25, -0.2) is 18.2 Å². The lowest BCUT2D eigenvalue weighted by Crippen LogP contribution is -2.44. The van der Waals surface area contributed by atoms with Gasteiger partial charge in [0, 0.05) is 25.2 Å². The van der Waals surface area contributed by atoms with Crippen molar-refractivity contribution in [3.05, 3.63) is 77.7 Å². The molecule has 0 bridgehead atoms. The van der Waals surface area contributed by atoms with Crippen LogP contribution in [0.5, 0.6) is 5.75 Å². The Morgan fingerprint density at radius 3 is 2.58 bits per heavy atom. The summed E-state index contributed by atoms with van der Waals surface area (Å²) in [6.07, 6.45) is -0.0824. The fourth-order valence-corrected chi connectivity index (χ4v) is 5.85. The molecule has 1 fully saturated rings. The van der Waals surface area contributed by atoms with Crippen LogP contribution < -0.4 is 10.1 Å². The monoisotopic (exact) mass is 578 g/mol. The summed E-state index contributed by atoms with van der Waals surface area (Å²) in [7, 11) is -3.22. The molecule has 214 valence electrons.